The number of fused-ring (bicyclic) bond motifs is 1. The van der Waals surface area contributed by atoms with E-state index < -0.39 is 23.3 Å². The zero-order valence-electron chi connectivity index (χ0n) is 15.8. The Hall–Kier alpha value is -2.88. The van der Waals surface area contributed by atoms with Crippen LogP contribution in [0.5, 0.6) is 5.75 Å². The largest absolute Gasteiger partial charge is 0.505 e. The van der Waals surface area contributed by atoms with Crippen molar-refractivity contribution in [1.82, 2.24) is 20.1 Å². The number of benzene rings is 1. The molecule has 0 amide bonds. The SMILES string of the molecule is CC1(C)CNCCN1c1cc2cnn(-c3cc(O)c(F)c(C(F)(F)F)c3)c2cn1. The van der Waals surface area contributed by atoms with Gasteiger partial charge in [-0.2, -0.15) is 18.3 Å². The van der Waals surface area contributed by atoms with Gasteiger partial charge in [0.25, 0.3) is 0 Å². The number of hydrogen-bond donors (Lipinski definition) is 2. The molecule has 29 heavy (non-hydrogen) atoms. The van der Waals surface area contributed by atoms with Gasteiger partial charge in [-0.1, -0.05) is 0 Å². The Bertz CT molecular complexity index is 1080. The third-order valence-corrected chi connectivity index (χ3v) is 5.11. The van der Waals surface area contributed by atoms with Gasteiger partial charge in [-0.3, -0.25) is 0 Å². The molecule has 1 fully saturated rings. The van der Waals surface area contributed by atoms with E-state index in [1.807, 2.05) is 6.07 Å². The minimum atomic E-state index is -4.94. The van der Waals surface area contributed by atoms with Gasteiger partial charge in [-0.05, 0) is 26.0 Å². The lowest BCUT2D eigenvalue weighted by atomic mass is 10.00. The van der Waals surface area contributed by atoms with Crippen molar-refractivity contribution in [1.29, 1.82) is 0 Å². The highest BCUT2D eigenvalue weighted by Gasteiger charge is 2.36. The lowest BCUT2D eigenvalue weighted by Crippen LogP contribution is -2.58. The molecule has 0 bridgehead atoms. The highest BCUT2D eigenvalue weighted by molar-refractivity contribution is 5.82. The standard InChI is InChI=1S/C19H19F4N5O/c1-18(2)10-24-3-4-27(18)16-5-11-8-26-28(14(11)9-25-16)12-6-13(19(21,22)23)17(20)15(29)7-12/h5-9,24,29H,3-4,10H2,1-2H3. The number of aromatic hydroxyl groups is 1. The van der Waals surface area contributed by atoms with E-state index in [0.29, 0.717) is 17.0 Å². The molecule has 2 N–H and O–H groups in total. The molecule has 0 radical (unpaired) electrons. The summed E-state index contributed by atoms with van der Waals surface area (Å²) in [5, 5.41) is 17.8. The molecular formula is C19H19F4N5O. The third kappa shape index (κ3) is 3.37. The number of anilines is 1. The van der Waals surface area contributed by atoms with Gasteiger partial charge in [0.1, 0.15) is 5.82 Å². The number of nitrogens with one attached hydrogen (secondary N) is 1. The molecule has 0 saturated carbocycles. The van der Waals surface area contributed by atoms with Gasteiger partial charge < -0.3 is 15.3 Å². The van der Waals surface area contributed by atoms with Crippen molar-refractivity contribution in [3.05, 3.63) is 42.0 Å². The monoisotopic (exact) mass is 409 g/mol. The molecule has 1 aromatic carbocycles. The highest BCUT2D eigenvalue weighted by atomic mass is 19.4. The number of phenols is 1. The number of rotatable bonds is 2. The topological polar surface area (TPSA) is 66.2 Å². The first-order valence-electron chi connectivity index (χ1n) is 9.00. The van der Waals surface area contributed by atoms with E-state index in [0.717, 1.165) is 31.5 Å². The summed E-state index contributed by atoms with van der Waals surface area (Å²) in [5.74, 6) is -2.06. The first-order chi connectivity index (χ1) is 13.6. The van der Waals surface area contributed by atoms with Crippen LogP contribution in [0.25, 0.3) is 16.6 Å². The minimum Gasteiger partial charge on any atom is -0.505 e. The molecule has 6 nitrogen and oxygen atoms in total. The van der Waals surface area contributed by atoms with Crippen LogP contribution in [0.3, 0.4) is 0 Å². The van der Waals surface area contributed by atoms with Gasteiger partial charge in [0.15, 0.2) is 11.6 Å². The van der Waals surface area contributed by atoms with Gasteiger partial charge >= 0.3 is 6.18 Å². The van der Waals surface area contributed by atoms with Gasteiger partial charge in [0.2, 0.25) is 0 Å². The lowest BCUT2D eigenvalue weighted by Gasteiger charge is -2.43. The summed E-state index contributed by atoms with van der Waals surface area (Å²) in [6.07, 6.45) is -1.92. The molecule has 10 heteroatoms. The van der Waals surface area contributed by atoms with E-state index in [4.69, 9.17) is 0 Å². The Kier molecular flexibility index (Phi) is 4.41. The van der Waals surface area contributed by atoms with E-state index in [-0.39, 0.29) is 11.2 Å². The van der Waals surface area contributed by atoms with Crippen molar-refractivity contribution in [3.8, 4) is 11.4 Å². The van der Waals surface area contributed by atoms with Crippen molar-refractivity contribution in [3.63, 3.8) is 0 Å². The first-order valence-corrected chi connectivity index (χ1v) is 9.00. The average Bonchev–Trinajstić information content (AvgIpc) is 3.05. The average molecular weight is 409 g/mol. The highest BCUT2D eigenvalue weighted by Crippen LogP contribution is 2.37. The van der Waals surface area contributed by atoms with Crippen molar-refractivity contribution < 1.29 is 22.7 Å². The summed E-state index contributed by atoms with van der Waals surface area (Å²) in [7, 11) is 0. The van der Waals surface area contributed by atoms with E-state index >= 15 is 0 Å². The molecule has 1 aliphatic heterocycles. The van der Waals surface area contributed by atoms with Gasteiger partial charge in [0.05, 0.1) is 29.2 Å². The number of pyridine rings is 1. The maximum Gasteiger partial charge on any atom is 0.419 e. The summed E-state index contributed by atoms with van der Waals surface area (Å²) in [6.45, 7) is 6.56. The predicted octanol–water partition coefficient (Wildman–Crippen LogP) is 3.47. The molecule has 3 heterocycles. The Labute approximate surface area is 163 Å². The Morgan fingerprint density at radius 1 is 1.17 bits per heavy atom. The Morgan fingerprint density at radius 2 is 1.93 bits per heavy atom. The van der Waals surface area contributed by atoms with Crippen molar-refractivity contribution in [2.45, 2.75) is 25.6 Å². The van der Waals surface area contributed by atoms with Gasteiger partial charge in [-0.15, -0.1) is 0 Å². The van der Waals surface area contributed by atoms with E-state index in [2.05, 4.69) is 34.1 Å². The molecule has 0 spiro atoms. The molecule has 4 rings (SSSR count). The zero-order chi connectivity index (χ0) is 21.0. The fraction of sp³-hybridized carbons (Fsp3) is 0.368. The van der Waals surface area contributed by atoms with Crippen LogP contribution in [-0.2, 0) is 6.18 Å². The van der Waals surface area contributed by atoms with Crippen LogP contribution < -0.4 is 10.2 Å². The second-order valence-electron chi connectivity index (χ2n) is 7.62. The predicted molar refractivity (Wildman–Crippen MR) is 99.8 cm³/mol. The second kappa shape index (κ2) is 6.58. The molecule has 0 aliphatic carbocycles. The first kappa shape index (κ1) is 19.4. The Balaban J connectivity index is 1.79. The summed E-state index contributed by atoms with van der Waals surface area (Å²) in [6, 6.07) is 3.35. The summed E-state index contributed by atoms with van der Waals surface area (Å²) < 4.78 is 54.2. The van der Waals surface area contributed by atoms with Crippen molar-refractivity contribution in [2.75, 3.05) is 24.5 Å². The second-order valence-corrected chi connectivity index (χ2v) is 7.62. The number of nitrogens with zero attached hydrogens (tertiary/aromatic N) is 4. The van der Waals surface area contributed by atoms with Crippen LogP contribution in [0.4, 0.5) is 23.4 Å². The summed E-state index contributed by atoms with van der Waals surface area (Å²) in [4.78, 5) is 6.63. The van der Waals surface area contributed by atoms with Gasteiger partial charge in [0, 0.05) is 36.6 Å². The van der Waals surface area contributed by atoms with Crippen LogP contribution in [0.15, 0.2) is 30.6 Å². The van der Waals surface area contributed by atoms with E-state index in [1.165, 1.54) is 17.1 Å². The molecule has 3 aromatic rings. The molecule has 154 valence electrons. The molecule has 0 unspecified atom stereocenters. The zero-order valence-corrected chi connectivity index (χ0v) is 15.8. The Morgan fingerprint density at radius 3 is 2.62 bits per heavy atom. The van der Waals surface area contributed by atoms with Crippen LogP contribution in [0.1, 0.15) is 19.4 Å². The lowest BCUT2D eigenvalue weighted by molar-refractivity contribution is -0.140. The number of alkyl halides is 3. The van der Waals surface area contributed by atoms with Crippen LogP contribution in [0, 0.1) is 5.82 Å². The minimum absolute atomic E-state index is 0.108. The number of phenolic OH excluding ortho intramolecular Hbond substituents is 1. The quantitative estimate of drug-likeness (QED) is 0.635. The fourth-order valence-electron chi connectivity index (χ4n) is 3.60. The smallest absolute Gasteiger partial charge is 0.419 e. The van der Waals surface area contributed by atoms with Crippen LogP contribution in [0.2, 0.25) is 0 Å². The van der Waals surface area contributed by atoms with Crippen LogP contribution in [-0.4, -0.2) is 45.0 Å². The number of hydrogen-bond acceptors (Lipinski definition) is 5. The van der Waals surface area contributed by atoms with Crippen molar-refractivity contribution in [2.24, 2.45) is 0 Å². The molecular weight excluding hydrogens is 390 g/mol. The number of piperazine rings is 1. The molecule has 2 aromatic heterocycles. The normalized spacial score (nSPS) is 17.1. The fourth-order valence-corrected chi connectivity index (χ4v) is 3.60. The van der Waals surface area contributed by atoms with E-state index in [9.17, 15) is 22.7 Å². The molecule has 1 aliphatic rings. The number of aromatic nitrogens is 3. The molecule has 1 saturated heterocycles. The van der Waals surface area contributed by atoms with Gasteiger partial charge in [-0.25, -0.2) is 14.1 Å². The number of halogens is 4. The maximum atomic E-state index is 13.7. The van der Waals surface area contributed by atoms with Crippen LogP contribution >= 0.6 is 0 Å². The van der Waals surface area contributed by atoms with Crippen molar-refractivity contribution >= 4 is 16.7 Å². The summed E-state index contributed by atoms with van der Waals surface area (Å²) >= 11 is 0. The van der Waals surface area contributed by atoms with E-state index in [1.54, 1.807) is 0 Å². The maximum absolute atomic E-state index is 13.7. The molecule has 0 atom stereocenters. The summed E-state index contributed by atoms with van der Waals surface area (Å²) in [5.41, 5.74) is -1.37. The third-order valence-electron chi connectivity index (χ3n) is 5.11.